The molecule has 0 fully saturated rings. The number of aromatic nitrogens is 8. The molecule has 9 heteroatoms. The van der Waals surface area contributed by atoms with Crippen LogP contribution in [0, 0.1) is 55.4 Å². The summed E-state index contributed by atoms with van der Waals surface area (Å²) in [5.74, 6) is 1.66. The Hall–Kier alpha value is -4.47. The van der Waals surface area contributed by atoms with Crippen molar-refractivity contribution >= 4 is 0 Å². The van der Waals surface area contributed by atoms with Crippen molar-refractivity contribution < 1.29 is 16.8 Å². The molecule has 0 bridgehead atoms. The van der Waals surface area contributed by atoms with Crippen molar-refractivity contribution in [2.75, 3.05) is 0 Å². The predicted molar refractivity (Wildman–Crippen MR) is 167 cm³/mol. The Kier molecular flexibility index (Phi) is 9.68. The molecule has 0 aliphatic carbocycles. The third-order valence-corrected chi connectivity index (χ3v) is 6.72. The van der Waals surface area contributed by atoms with Gasteiger partial charge < -0.3 is 0 Å². The molecule has 219 valence electrons. The molecule has 0 saturated heterocycles. The van der Waals surface area contributed by atoms with E-state index in [2.05, 4.69) is 72.1 Å². The summed E-state index contributed by atoms with van der Waals surface area (Å²) < 4.78 is 3.75. The predicted octanol–water partition coefficient (Wildman–Crippen LogP) is 7.12. The maximum absolute atomic E-state index is 4.73. The van der Waals surface area contributed by atoms with Gasteiger partial charge in [0.25, 0.3) is 0 Å². The van der Waals surface area contributed by atoms with Crippen LogP contribution in [0.3, 0.4) is 0 Å². The van der Waals surface area contributed by atoms with Crippen LogP contribution in [0.5, 0.6) is 0 Å². The molecule has 6 aromatic rings. The Bertz CT molecular complexity index is 1750. The summed E-state index contributed by atoms with van der Waals surface area (Å²) in [6.45, 7) is 16.3. The van der Waals surface area contributed by atoms with E-state index in [-0.39, 0.29) is 16.8 Å². The van der Waals surface area contributed by atoms with Crippen molar-refractivity contribution in [1.29, 1.82) is 0 Å². The van der Waals surface area contributed by atoms with E-state index in [1.807, 2.05) is 85.9 Å². The van der Waals surface area contributed by atoms with Gasteiger partial charge in [-0.2, -0.15) is 10.2 Å². The molecule has 8 nitrogen and oxygen atoms in total. The maximum atomic E-state index is 4.73. The largest absolute Gasteiger partial charge is 2.00 e. The van der Waals surface area contributed by atoms with Crippen LogP contribution in [-0.2, 0) is 16.8 Å². The molecule has 0 unspecified atom stereocenters. The monoisotopic (exact) mass is 615 g/mol. The van der Waals surface area contributed by atoms with Gasteiger partial charge in [0.1, 0.15) is 0 Å². The zero-order valence-electron chi connectivity index (χ0n) is 25.8. The van der Waals surface area contributed by atoms with Gasteiger partial charge in [0.15, 0.2) is 11.6 Å². The molecule has 0 N–H and O–H groups in total. The average molecular weight is 616 g/mol. The second kappa shape index (κ2) is 13.2. The standard InChI is InChI=1S/2C17H18N4.Co/c2*1-11-5-6-18-15(7-11)16-8-12(2)9-17(19-16)21-14(4)10-13(3)20-21;/h2*5-10H,1-4H3;/q;;+2. The molecule has 6 rings (SSSR count). The number of hydrogen-bond donors (Lipinski definition) is 0. The van der Waals surface area contributed by atoms with E-state index in [1.165, 1.54) is 11.1 Å². The zero-order chi connectivity index (χ0) is 30.0. The fourth-order valence-electron chi connectivity index (χ4n) is 4.85. The van der Waals surface area contributed by atoms with E-state index in [0.717, 1.165) is 68.3 Å². The second-order valence-corrected chi connectivity index (χ2v) is 10.9. The first-order valence-corrected chi connectivity index (χ1v) is 14.0. The molecule has 0 aliphatic rings. The summed E-state index contributed by atoms with van der Waals surface area (Å²) in [6, 6.07) is 20.4. The minimum atomic E-state index is 0. The van der Waals surface area contributed by atoms with E-state index < -0.39 is 0 Å². The zero-order valence-corrected chi connectivity index (χ0v) is 26.9. The average Bonchev–Trinajstić information content (AvgIpc) is 3.47. The van der Waals surface area contributed by atoms with Crippen LogP contribution in [0.4, 0.5) is 0 Å². The number of pyridine rings is 4. The van der Waals surface area contributed by atoms with Crippen molar-refractivity contribution in [2.24, 2.45) is 0 Å². The molecule has 0 spiro atoms. The molecule has 43 heavy (non-hydrogen) atoms. The van der Waals surface area contributed by atoms with Gasteiger partial charge in [-0.05, 0) is 138 Å². The van der Waals surface area contributed by atoms with Gasteiger partial charge in [-0.1, -0.05) is 0 Å². The van der Waals surface area contributed by atoms with Crippen molar-refractivity contribution in [1.82, 2.24) is 39.5 Å². The first-order valence-electron chi connectivity index (χ1n) is 14.0. The van der Waals surface area contributed by atoms with Crippen LogP contribution in [0.1, 0.15) is 45.0 Å². The summed E-state index contributed by atoms with van der Waals surface area (Å²) in [4.78, 5) is 18.3. The fraction of sp³-hybridized carbons (Fsp3) is 0.235. The van der Waals surface area contributed by atoms with E-state index in [9.17, 15) is 0 Å². The Labute approximate surface area is 263 Å². The van der Waals surface area contributed by atoms with Crippen LogP contribution in [-0.4, -0.2) is 39.5 Å². The van der Waals surface area contributed by atoms with Gasteiger partial charge in [0, 0.05) is 23.8 Å². The van der Waals surface area contributed by atoms with E-state index in [0.29, 0.717) is 0 Å². The van der Waals surface area contributed by atoms with Crippen molar-refractivity contribution in [2.45, 2.75) is 55.4 Å². The third-order valence-electron chi connectivity index (χ3n) is 6.72. The van der Waals surface area contributed by atoms with Crippen LogP contribution in [0.25, 0.3) is 34.4 Å². The summed E-state index contributed by atoms with van der Waals surface area (Å²) in [5.41, 5.74) is 12.3. The minimum absolute atomic E-state index is 0. The summed E-state index contributed by atoms with van der Waals surface area (Å²) in [6.07, 6.45) is 3.63. The Morgan fingerprint density at radius 1 is 0.442 bits per heavy atom. The second-order valence-electron chi connectivity index (χ2n) is 10.9. The van der Waals surface area contributed by atoms with E-state index >= 15 is 0 Å². The van der Waals surface area contributed by atoms with Crippen LogP contribution in [0.2, 0.25) is 0 Å². The maximum Gasteiger partial charge on any atom is 2.00 e. The first-order chi connectivity index (χ1) is 20.0. The van der Waals surface area contributed by atoms with Crippen LogP contribution < -0.4 is 0 Å². The van der Waals surface area contributed by atoms with E-state index in [1.54, 1.807) is 0 Å². The van der Waals surface area contributed by atoms with Gasteiger partial charge in [0.2, 0.25) is 0 Å². The van der Waals surface area contributed by atoms with Crippen LogP contribution >= 0.6 is 0 Å². The van der Waals surface area contributed by atoms with Gasteiger partial charge in [0.05, 0.1) is 34.2 Å². The first kappa shape index (κ1) is 31.5. The molecular weight excluding hydrogens is 579 g/mol. The summed E-state index contributed by atoms with van der Waals surface area (Å²) in [5, 5.41) is 9.02. The molecule has 6 heterocycles. The Morgan fingerprint density at radius 3 is 1.14 bits per heavy atom. The van der Waals surface area contributed by atoms with Gasteiger partial charge in [-0.15, -0.1) is 0 Å². The van der Waals surface area contributed by atoms with Gasteiger partial charge >= 0.3 is 16.8 Å². The molecule has 0 aliphatic heterocycles. The Morgan fingerprint density at radius 2 is 0.814 bits per heavy atom. The number of rotatable bonds is 4. The molecule has 0 saturated carbocycles. The van der Waals surface area contributed by atoms with Crippen LogP contribution in [0.15, 0.2) is 73.1 Å². The molecule has 1 radical (unpaired) electrons. The van der Waals surface area contributed by atoms with Gasteiger partial charge in [-0.3, -0.25) is 9.97 Å². The normalized spacial score (nSPS) is 10.6. The summed E-state index contributed by atoms with van der Waals surface area (Å²) in [7, 11) is 0. The number of nitrogens with zero attached hydrogens (tertiary/aromatic N) is 8. The van der Waals surface area contributed by atoms with Crippen molar-refractivity contribution in [3.8, 4) is 34.4 Å². The quantitative estimate of drug-likeness (QED) is 0.210. The molecule has 0 atom stereocenters. The van der Waals surface area contributed by atoms with Crippen molar-refractivity contribution in [3.05, 3.63) is 118 Å². The molecular formula is C34H36CoN8+2. The topological polar surface area (TPSA) is 87.2 Å². The minimum Gasteiger partial charge on any atom is -0.255 e. The van der Waals surface area contributed by atoms with Gasteiger partial charge in [-0.25, -0.2) is 19.3 Å². The number of hydrogen-bond acceptors (Lipinski definition) is 6. The SMILES string of the molecule is Cc1ccnc(-c2cc(C)cc(-n3nc(C)cc3C)n2)c1.Cc1ccnc(-c2cc(C)cc(-n3nc(C)cc3C)n2)c1.[Co+2]. The van der Waals surface area contributed by atoms with Crippen molar-refractivity contribution in [3.63, 3.8) is 0 Å². The third kappa shape index (κ3) is 7.49. The molecule has 0 amide bonds. The van der Waals surface area contributed by atoms with E-state index in [4.69, 9.17) is 9.97 Å². The smallest absolute Gasteiger partial charge is 0.255 e. The summed E-state index contributed by atoms with van der Waals surface area (Å²) >= 11 is 0. The fourth-order valence-corrected chi connectivity index (χ4v) is 4.85. The number of aryl methyl sites for hydroxylation is 8. The Balaban J connectivity index is 0.000000192. The molecule has 0 aromatic carbocycles. The molecule has 6 aromatic heterocycles.